The SMILES string of the molecule is N#C/C(=C\c1c(N2CCC(C(N)=O)CC2)nc2ccccn2c1=O)C(=O)NC[C@@H]1CCCO1. The van der Waals surface area contributed by atoms with Crippen LogP contribution in [0.25, 0.3) is 11.7 Å². The first-order chi connectivity index (χ1) is 16.0. The van der Waals surface area contributed by atoms with Gasteiger partial charge in [-0.15, -0.1) is 0 Å². The van der Waals surface area contributed by atoms with Crippen LogP contribution in [-0.2, 0) is 14.3 Å². The van der Waals surface area contributed by atoms with E-state index in [-0.39, 0.29) is 34.6 Å². The second-order valence-corrected chi connectivity index (χ2v) is 8.26. The standard InChI is InChI=1S/C23H26N6O4/c24-13-16(22(31)26-14-17-4-3-11-33-17)12-18-21(28-9-6-15(7-10-28)20(25)30)27-19-5-1-2-8-29(19)23(18)32/h1-2,5,8,12,15,17H,3-4,6-7,9-11,14H2,(H2,25,30)(H,26,31)/b16-12+/t17-/m0/s1. The van der Waals surface area contributed by atoms with Crippen molar-refractivity contribution in [1.82, 2.24) is 14.7 Å². The third-order valence-corrected chi connectivity index (χ3v) is 6.11. The van der Waals surface area contributed by atoms with Crippen molar-refractivity contribution in [3.63, 3.8) is 0 Å². The zero-order valence-electron chi connectivity index (χ0n) is 18.2. The minimum atomic E-state index is -0.566. The molecule has 0 saturated carbocycles. The lowest BCUT2D eigenvalue weighted by Crippen LogP contribution is -2.40. The van der Waals surface area contributed by atoms with Gasteiger partial charge in [-0.1, -0.05) is 6.07 Å². The quantitative estimate of drug-likeness (QED) is 0.484. The van der Waals surface area contributed by atoms with Gasteiger partial charge in [0.05, 0.1) is 11.7 Å². The van der Waals surface area contributed by atoms with Gasteiger partial charge in [0.1, 0.15) is 23.1 Å². The second kappa shape index (κ2) is 9.83. The molecule has 2 saturated heterocycles. The van der Waals surface area contributed by atoms with Crippen molar-refractivity contribution >= 4 is 29.4 Å². The average Bonchev–Trinajstić information content (AvgIpc) is 3.36. The van der Waals surface area contributed by atoms with E-state index in [9.17, 15) is 19.6 Å². The maximum Gasteiger partial charge on any atom is 0.267 e. The summed E-state index contributed by atoms with van der Waals surface area (Å²) in [5, 5.41) is 12.4. The minimum Gasteiger partial charge on any atom is -0.376 e. The molecule has 4 heterocycles. The molecule has 33 heavy (non-hydrogen) atoms. The molecule has 10 heteroatoms. The van der Waals surface area contributed by atoms with E-state index in [1.165, 1.54) is 10.5 Å². The molecule has 4 rings (SSSR count). The summed E-state index contributed by atoms with van der Waals surface area (Å²) in [4.78, 5) is 44.1. The molecule has 1 atom stereocenters. The van der Waals surface area contributed by atoms with Gasteiger partial charge in [0.15, 0.2) is 0 Å². The maximum atomic E-state index is 13.3. The van der Waals surface area contributed by atoms with Crippen molar-refractivity contribution in [2.75, 3.05) is 31.1 Å². The molecule has 172 valence electrons. The van der Waals surface area contributed by atoms with Gasteiger partial charge in [-0.25, -0.2) is 4.98 Å². The van der Waals surface area contributed by atoms with Crippen LogP contribution in [0.3, 0.4) is 0 Å². The Hall–Kier alpha value is -3.71. The minimum absolute atomic E-state index is 0.0658. The van der Waals surface area contributed by atoms with Crippen LogP contribution < -0.4 is 21.5 Å². The molecule has 0 aromatic carbocycles. The number of amides is 2. The Bertz CT molecular complexity index is 1180. The number of carbonyl (C=O) groups excluding carboxylic acids is 2. The molecule has 10 nitrogen and oxygen atoms in total. The Kier molecular flexibility index (Phi) is 6.70. The molecular formula is C23H26N6O4. The molecular weight excluding hydrogens is 424 g/mol. The molecule has 0 radical (unpaired) electrons. The highest BCUT2D eigenvalue weighted by Crippen LogP contribution is 2.25. The lowest BCUT2D eigenvalue weighted by Gasteiger charge is -2.32. The van der Waals surface area contributed by atoms with Crippen LogP contribution >= 0.6 is 0 Å². The molecule has 2 aromatic heterocycles. The molecule has 0 unspecified atom stereocenters. The molecule has 0 spiro atoms. The van der Waals surface area contributed by atoms with Crippen LogP contribution in [-0.4, -0.2) is 53.5 Å². The molecule has 0 bridgehead atoms. The van der Waals surface area contributed by atoms with E-state index in [0.29, 0.717) is 50.5 Å². The first kappa shape index (κ1) is 22.5. The van der Waals surface area contributed by atoms with Gasteiger partial charge < -0.3 is 20.7 Å². The van der Waals surface area contributed by atoms with Crippen molar-refractivity contribution in [3.8, 4) is 6.07 Å². The second-order valence-electron chi connectivity index (χ2n) is 8.26. The van der Waals surface area contributed by atoms with Gasteiger partial charge in [0.25, 0.3) is 11.5 Å². The van der Waals surface area contributed by atoms with Gasteiger partial charge >= 0.3 is 0 Å². The smallest absolute Gasteiger partial charge is 0.267 e. The third kappa shape index (κ3) is 4.88. The number of pyridine rings is 1. The van der Waals surface area contributed by atoms with Crippen LogP contribution in [0.1, 0.15) is 31.2 Å². The first-order valence-electron chi connectivity index (χ1n) is 11.0. The van der Waals surface area contributed by atoms with Crippen LogP contribution in [0.5, 0.6) is 0 Å². The summed E-state index contributed by atoms with van der Waals surface area (Å²) < 4.78 is 6.89. The normalized spacial score (nSPS) is 19.4. The number of primary amides is 1. The monoisotopic (exact) mass is 450 g/mol. The topological polar surface area (TPSA) is 143 Å². The number of nitrogens with one attached hydrogen (secondary N) is 1. The van der Waals surface area contributed by atoms with E-state index in [1.54, 1.807) is 24.4 Å². The summed E-state index contributed by atoms with van der Waals surface area (Å²) in [5.41, 5.74) is 5.48. The van der Waals surface area contributed by atoms with Crippen molar-refractivity contribution in [2.24, 2.45) is 11.7 Å². The highest BCUT2D eigenvalue weighted by atomic mass is 16.5. The Morgan fingerprint density at radius 3 is 2.76 bits per heavy atom. The number of fused-ring (bicyclic) bond motifs is 1. The number of piperidine rings is 1. The third-order valence-electron chi connectivity index (χ3n) is 6.11. The largest absolute Gasteiger partial charge is 0.376 e. The van der Waals surface area contributed by atoms with E-state index in [1.807, 2.05) is 11.0 Å². The van der Waals surface area contributed by atoms with Crippen LogP contribution in [0.2, 0.25) is 0 Å². The molecule has 0 aliphatic carbocycles. The average molecular weight is 450 g/mol. The summed E-state index contributed by atoms with van der Waals surface area (Å²) in [5.74, 6) is -0.742. The van der Waals surface area contributed by atoms with Gasteiger partial charge in [-0.2, -0.15) is 5.26 Å². The fourth-order valence-electron chi connectivity index (χ4n) is 4.23. The zero-order valence-corrected chi connectivity index (χ0v) is 18.2. The van der Waals surface area contributed by atoms with Crippen molar-refractivity contribution in [3.05, 3.63) is 45.9 Å². The number of hydrogen-bond donors (Lipinski definition) is 2. The fraction of sp³-hybridized carbons (Fsp3) is 0.435. The van der Waals surface area contributed by atoms with E-state index >= 15 is 0 Å². The van der Waals surface area contributed by atoms with Crippen LogP contribution in [0, 0.1) is 17.2 Å². The Morgan fingerprint density at radius 2 is 2.09 bits per heavy atom. The predicted octanol–water partition coefficient (Wildman–Crippen LogP) is 0.598. The highest BCUT2D eigenvalue weighted by molar-refractivity contribution is 6.02. The van der Waals surface area contributed by atoms with E-state index in [2.05, 4.69) is 10.3 Å². The van der Waals surface area contributed by atoms with Crippen molar-refractivity contribution < 1.29 is 14.3 Å². The number of carbonyl (C=O) groups is 2. The van der Waals surface area contributed by atoms with E-state index < -0.39 is 5.91 Å². The molecule has 2 fully saturated rings. The van der Waals surface area contributed by atoms with Gasteiger partial charge in [0, 0.05) is 38.4 Å². The van der Waals surface area contributed by atoms with E-state index in [0.717, 1.165) is 12.8 Å². The number of aromatic nitrogens is 2. The number of nitrogens with zero attached hydrogens (tertiary/aromatic N) is 4. The Morgan fingerprint density at radius 1 is 1.30 bits per heavy atom. The maximum absolute atomic E-state index is 13.3. The number of ether oxygens (including phenoxy) is 1. The van der Waals surface area contributed by atoms with Crippen molar-refractivity contribution in [2.45, 2.75) is 31.8 Å². The predicted molar refractivity (Wildman–Crippen MR) is 121 cm³/mol. The molecule has 3 N–H and O–H groups in total. The summed E-state index contributed by atoms with van der Waals surface area (Å²) in [6.07, 6.45) is 5.71. The van der Waals surface area contributed by atoms with Crippen molar-refractivity contribution in [1.29, 1.82) is 5.26 Å². The molecule has 2 aromatic rings. The number of anilines is 1. The molecule has 2 aliphatic heterocycles. The molecule has 2 aliphatic rings. The Labute approximate surface area is 190 Å². The van der Waals surface area contributed by atoms with Gasteiger partial charge in [-0.3, -0.25) is 18.8 Å². The lowest BCUT2D eigenvalue weighted by molar-refractivity contribution is -0.122. The molecule has 2 amide bonds. The fourth-order valence-corrected chi connectivity index (χ4v) is 4.23. The summed E-state index contributed by atoms with van der Waals surface area (Å²) in [6.45, 7) is 1.94. The summed E-state index contributed by atoms with van der Waals surface area (Å²) >= 11 is 0. The highest BCUT2D eigenvalue weighted by Gasteiger charge is 2.27. The summed E-state index contributed by atoms with van der Waals surface area (Å²) in [6, 6.07) is 7.11. The Balaban J connectivity index is 1.68. The number of rotatable bonds is 6. The zero-order chi connectivity index (χ0) is 23.4. The van der Waals surface area contributed by atoms with E-state index in [4.69, 9.17) is 10.5 Å². The van der Waals surface area contributed by atoms with Gasteiger partial charge in [0.2, 0.25) is 5.91 Å². The number of nitriles is 1. The summed E-state index contributed by atoms with van der Waals surface area (Å²) in [7, 11) is 0. The van der Waals surface area contributed by atoms with Gasteiger partial charge in [-0.05, 0) is 43.9 Å². The van der Waals surface area contributed by atoms with Crippen LogP contribution in [0.15, 0.2) is 34.8 Å². The first-order valence-corrected chi connectivity index (χ1v) is 11.0. The number of nitrogens with two attached hydrogens (primary N) is 1. The lowest BCUT2D eigenvalue weighted by atomic mass is 9.96. The number of hydrogen-bond acceptors (Lipinski definition) is 7. The van der Waals surface area contributed by atoms with Crippen LogP contribution in [0.4, 0.5) is 5.82 Å².